The van der Waals surface area contributed by atoms with E-state index >= 15 is 0 Å². The summed E-state index contributed by atoms with van der Waals surface area (Å²) in [7, 11) is 0. The zero-order chi connectivity index (χ0) is 12.3. The van der Waals surface area contributed by atoms with Crippen LogP contribution in [0.2, 0.25) is 5.02 Å². The van der Waals surface area contributed by atoms with Crippen molar-refractivity contribution in [1.82, 2.24) is 5.32 Å². The minimum atomic E-state index is -1.12. The maximum atomic E-state index is 12.9. The third kappa shape index (κ3) is 3.28. The highest BCUT2D eigenvalue weighted by Crippen LogP contribution is 2.19. The minimum Gasteiger partial charge on any atom is -0.347 e. The lowest BCUT2D eigenvalue weighted by molar-refractivity contribution is 0.0957. The van der Waals surface area contributed by atoms with Crippen LogP contribution < -0.4 is 5.32 Å². The fraction of sp³-hybridized carbons (Fsp3) is 0.100. The summed E-state index contributed by atoms with van der Waals surface area (Å²) in [5.74, 6) is -2.80. The van der Waals surface area contributed by atoms with Crippen molar-refractivity contribution >= 4 is 33.4 Å². The van der Waals surface area contributed by atoms with E-state index in [4.69, 9.17) is 11.6 Å². The lowest BCUT2D eigenvalue weighted by Crippen LogP contribution is -2.24. The second kappa shape index (κ2) is 5.41. The molecule has 16 heavy (non-hydrogen) atoms. The van der Waals surface area contributed by atoms with E-state index in [1.807, 2.05) is 0 Å². The second-order valence-corrected chi connectivity index (χ2v) is 4.47. The molecule has 86 valence electrons. The molecule has 0 heterocycles. The van der Waals surface area contributed by atoms with Gasteiger partial charge in [0.15, 0.2) is 11.6 Å². The normalized spacial score (nSPS) is 10.0. The summed E-state index contributed by atoms with van der Waals surface area (Å²) < 4.78 is 26.2. The molecule has 0 saturated carbocycles. The van der Waals surface area contributed by atoms with Crippen LogP contribution in [0.1, 0.15) is 10.4 Å². The molecule has 1 rings (SSSR count). The van der Waals surface area contributed by atoms with E-state index in [0.29, 0.717) is 4.48 Å². The fourth-order valence-electron chi connectivity index (χ4n) is 0.968. The first kappa shape index (κ1) is 13.1. The van der Waals surface area contributed by atoms with Crippen molar-refractivity contribution < 1.29 is 13.6 Å². The van der Waals surface area contributed by atoms with Crippen LogP contribution >= 0.6 is 27.5 Å². The molecule has 0 aliphatic rings. The molecular weight excluding hydrogens is 303 g/mol. The Labute approximate surface area is 104 Å². The monoisotopic (exact) mass is 309 g/mol. The van der Waals surface area contributed by atoms with Crippen LogP contribution in [0.5, 0.6) is 0 Å². The standard InChI is InChI=1S/C10H7BrClF2NO/c1-5(11)4-15-10(16)6-2-8(13)9(14)3-7(6)12/h2-3H,1,4H2,(H,15,16). The van der Waals surface area contributed by atoms with Gasteiger partial charge in [-0.15, -0.1) is 0 Å². The Balaban J connectivity index is 2.91. The van der Waals surface area contributed by atoms with Gasteiger partial charge >= 0.3 is 0 Å². The van der Waals surface area contributed by atoms with Crippen molar-refractivity contribution in [2.24, 2.45) is 0 Å². The lowest BCUT2D eigenvalue weighted by Gasteiger charge is -2.06. The van der Waals surface area contributed by atoms with Crippen LogP contribution in [0, 0.1) is 11.6 Å². The molecule has 0 unspecified atom stereocenters. The van der Waals surface area contributed by atoms with E-state index in [1.165, 1.54) is 0 Å². The predicted octanol–water partition coefficient (Wildman–Crippen LogP) is 3.26. The SMILES string of the molecule is C=C(Br)CNC(=O)c1cc(F)c(F)cc1Cl. The maximum Gasteiger partial charge on any atom is 0.253 e. The molecule has 1 N–H and O–H groups in total. The third-order valence-corrected chi connectivity index (χ3v) is 2.29. The summed E-state index contributed by atoms with van der Waals surface area (Å²) >= 11 is 8.65. The topological polar surface area (TPSA) is 29.1 Å². The molecule has 0 radical (unpaired) electrons. The van der Waals surface area contributed by atoms with Crippen LogP contribution in [0.3, 0.4) is 0 Å². The summed E-state index contributed by atoms with van der Waals surface area (Å²) in [5.41, 5.74) is -0.116. The zero-order valence-electron chi connectivity index (χ0n) is 7.99. The molecule has 0 spiro atoms. The van der Waals surface area contributed by atoms with Gasteiger partial charge < -0.3 is 5.32 Å². The van der Waals surface area contributed by atoms with Gasteiger partial charge in [0.05, 0.1) is 10.6 Å². The van der Waals surface area contributed by atoms with E-state index in [2.05, 4.69) is 27.8 Å². The number of hydrogen-bond acceptors (Lipinski definition) is 1. The van der Waals surface area contributed by atoms with Crippen LogP contribution in [0.25, 0.3) is 0 Å². The van der Waals surface area contributed by atoms with E-state index in [-0.39, 0.29) is 17.1 Å². The van der Waals surface area contributed by atoms with E-state index < -0.39 is 17.5 Å². The maximum absolute atomic E-state index is 12.9. The molecule has 0 fully saturated rings. The van der Waals surface area contributed by atoms with Crippen molar-refractivity contribution in [3.8, 4) is 0 Å². The van der Waals surface area contributed by atoms with Crippen molar-refractivity contribution in [2.75, 3.05) is 6.54 Å². The van der Waals surface area contributed by atoms with Crippen molar-refractivity contribution in [3.05, 3.63) is 45.4 Å². The van der Waals surface area contributed by atoms with Crippen LogP contribution in [-0.4, -0.2) is 12.5 Å². The van der Waals surface area contributed by atoms with Crippen LogP contribution in [-0.2, 0) is 0 Å². The largest absolute Gasteiger partial charge is 0.347 e. The van der Waals surface area contributed by atoms with E-state index in [0.717, 1.165) is 12.1 Å². The Bertz CT molecular complexity index is 451. The first-order valence-corrected chi connectivity index (χ1v) is 5.35. The Kier molecular flexibility index (Phi) is 4.44. The van der Waals surface area contributed by atoms with Crippen LogP contribution in [0.4, 0.5) is 8.78 Å². The molecule has 0 aromatic heterocycles. The Morgan fingerprint density at radius 3 is 2.56 bits per heavy atom. The van der Waals surface area contributed by atoms with Gasteiger partial charge in [0.2, 0.25) is 0 Å². The number of benzene rings is 1. The second-order valence-electron chi connectivity index (χ2n) is 2.95. The molecule has 0 bridgehead atoms. The molecule has 1 aromatic rings. The molecule has 2 nitrogen and oxygen atoms in total. The number of rotatable bonds is 3. The highest BCUT2D eigenvalue weighted by atomic mass is 79.9. The number of nitrogens with one attached hydrogen (secondary N) is 1. The number of carbonyl (C=O) groups excluding carboxylic acids is 1. The van der Waals surface area contributed by atoms with Gasteiger partial charge in [-0.25, -0.2) is 8.78 Å². The lowest BCUT2D eigenvalue weighted by atomic mass is 10.2. The average Bonchev–Trinajstić information content (AvgIpc) is 2.20. The molecule has 1 aromatic carbocycles. The number of halogens is 4. The summed E-state index contributed by atoms with van der Waals surface area (Å²) in [6.07, 6.45) is 0. The van der Waals surface area contributed by atoms with Gasteiger partial charge in [-0.2, -0.15) is 0 Å². The molecule has 0 aliphatic carbocycles. The number of carbonyl (C=O) groups is 1. The van der Waals surface area contributed by atoms with Gasteiger partial charge in [-0.3, -0.25) is 4.79 Å². The van der Waals surface area contributed by atoms with Crippen molar-refractivity contribution in [3.63, 3.8) is 0 Å². The van der Waals surface area contributed by atoms with Gasteiger partial charge in [0.25, 0.3) is 5.91 Å². The quantitative estimate of drug-likeness (QED) is 0.853. The van der Waals surface area contributed by atoms with Gasteiger partial charge in [0.1, 0.15) is 0 Å². The number of amides is 1. The molecule has 1 amide bonds. The van der Waals surface area contributed by atoms with Gasteiger partial charge in [0, 0.05) is 11.0 Å². The van der Waals surface area contributed by atoms with Crippen LogP contribution in [0.15, 0.2) is 23.2 Å². The summed E-state index contributed by atoms with van der Waals surface area (Å²) in [5, 5.41) is 2.28. The molecule has 6 heteroatoms. The number of hydrogen-bond donors (Lipinski definition) is 1. The molecule has 0 saturated heterocycles. The fourth-order valence-corrected chi connectivity index (χ4v) is 1.34. The minimum absolute atomic E-state index is 0.116. The highest BCUT2D eigenvalue weighted by Gasteiger charge is 2.14. The van der Waals surface area contributed by atoms with E-state index in [9.17, 15) is 13.6 Å². The Hall–Kier alpha value is -0.940. The highest BCUT2D eigenvalue weighted by molar-refractivity contribution is 9.11. The predicted molar refractivity (Wildman–Crippen MR) is 61.8 cm³/mol. The summed E-state index contributed by atoms with van der Waals surface area (Å²) in [4.78, 5) is 11.5. The van der Waals surface area contributed by atoms with E-state index in [1.54, 1.807) is 0 Å². The molecule has 0 atom stereocenters. The van der Waals surface area contributed by atoms with Crippen molar-refractivity contribution in [1.29, 1.82) is 0 Å². The van der Waals surface area contributed by atoms with Crippen molar-refractivity contribution in [2.45, 2.75) is 0 Å². The molecular formula is C10H7BrClF2NO. The first-order chi connectivity index (χ1) is 7.41. The van der Waals surface area contributed by atoms with Gasteiger partial charge in [-0.1, -0.05) is 34.1 Å². The first-order valence-electron chi connectivity index (χ1n) is 4.18. The zero-order valence-corrected chi connectivity index (χ0v) is 10.3. The Morgan fingerprint density at radius 1 is 1.44 bits per heavy atom. The summed E-state index contributed by atoms with van der Waals surface area (Å²) in [6, 6.07) is 1.51. The smallest absolute Gasteiger partial charge is 0.253 e. The summed E-state index contributed by atoms with van der Waals surface area (Å²) in [6.45, 7) is 3.68. The molecule has 0 aliphatic heterocycles. The average molecular weight is 311 g/mol. The van der Waals surface area contributed by atoms with Gasteiger partial charge in [-0.05, 0) is 12.1 Å². The third-order valence-electron chi connectivity index (χ3n) is 1.70. The Morgan fingerprint density at radius 2 is 2.00 bits per heavy atom.